The number of piperidine rings is 1. The molecule has 2 aliphatic rings. The van der Waals surface area contributed by atoms with Crippen LogP contribution in [0.25, 0.3) is 0 Å². The normalized spacial score (nSPS) is 22.7. The van der Waals surface area contributed by atoms with E-state index in [1.54, 1.807) is 0 Å². The van der Waals surface area contributed by atoms with Gasteiger partial charge in [0.15, 0.2) is 6.04 Å². The molecule has 26 heavy (non-hydrogen) atoms. The molecule has 1 spiro atoms. The summed E-state index contributed by atoms with van der Waals surface area (Å²) in [5, 5.41) is 10.3. The lowest BCUT2D eigenvalue weighted by molar-refractivity contribution is -0.143. The van der Waals surface area contributed by atoms with E-state index in [4.69, 9.17) is 27.9 Å². The lowest BCUT2D eigenvalue weighted by atomic mass is 9.96. The molecule has 1 aromatic carbocycles. The highest BCUT2D eigenvalue weighted by Crippen LogP contribution is 2.39. The van der Waals surface area contributed by atoms with Gasteiger partial charge < -0.3 is 14.7 Å². The number of carbonyl (C=O) groups excluding carboxylic acids is 1. The van der Waals surface area contributed by atoms with E-state index in [0.717, 1.165) is 26.1 Å². The largest absolute Gasteiger partial charge is 0.480 e. The molecule has 2 heterocycles. The number of carbonyl (C=O) groups is 2. The van der Waals surface area contributed by atoms with Crippen LogP contribution in [0.2, 0.25) is 10.0 Å². The maximum Gasteiger partial charge on any atom is 0.328 e. The van der Waals surface area contributed by atoms with Crippen molar-refractivity contribution < 1.29 is 19.4 Å². The number of ether oxygens (including phenoxy) is 1. The van der Waals surface area contributed by atoms with Gasteiger partial charge in [0.05, 0.1) is 6.61 Å². The Kier molecular flexibility index (Phi) is 5.77. The standard InChI is InChI=1S/C18H22Cl2N2O4/c1-2-5-21-6-3-18(4-7-21)22(15(11-26-18)17(24)25)16(23)12-8-13(19)10-14(20)9-12/h8-10,15H,2-7,11H2,1H3,(H,24,25)/t15-/m0/s1. The predicted octanol–water partition coefficient (Wildman–Crippen LogP) is 3.12. The Labute approximate surface area is 162 Å². The molecule has 0 bridgehead atoms. The first kappa shape index (κ1) is 19.4. The smallest absolute Gasteiger partial charge is 0.328 e. The Morgan fingerprint density at radius 3 is 2.38 bits per heavy atom. The van der Waals surface area contributed by atoms with Gasteiger partial charge in [-0.25, -0.2) is 4.79 Å². The fourth-order valence-corrected chi connectivity index (χ4v) is 4.34. The molecule has 1 N–H and O–H groups in total. The molecule has 0 unspecified atom stereocenters. The zero-order valence-corrected chi connectivity index (χ0v) is 16.1. The first-order chi connectivity index (χ1) is 12.4. The van der Waals surface area contributed by atoms with E-state index in [-0.39, 0.29) is 12.2 Å². The summed E-state index contributed by atoms with van der Waals surface area (Å²) in [6.45, 7) is 4.62. The predicted molar refractivity (Wildman–Crippen MR) is 98.7 cm³/mol. The van der Waals surface area contributed by atoms with E-state index in [2.05, 4.69) is 11.8 Å². The molecule has 2 aliphatic heterocycles. The molecule has 1 amide bonds. The molecule has 1 atom stereocenters. The Balaban J connectivity index is 1.91. The summed E-state index contributed by atoms with van der Waals surface area (Å²) in [4.78, 5) is 28.6. The number of carboxylic acid groups (broad SMARTS) is 1. The number of amides is 1. The Hall–Kier alpha value is -1.34. The number of hydrogen-bond acceptors (Lipinski definition) is 4. The van der Waals surface area contributed by atoms with Gasteiger partial charge in [0.1, 0.15) is 5.72 Å². The fraction of sp³-hybridized carbons (Fsp3) is 0.556. The van der Waals surface area contributed by atoms with Crippen molar-refractivity contribution in [3.63, 3.8) is 0 Å². The molecular weight excluding hydrogens is 379 g/mol. The zero-order valence-electron chi connectivity index (χ0n) is 14.6. The molecular formula is C18H22Cl2N2O4. The zero-order chi connectivity index (χ0) is 18.9. The van der Waals surface area contributed by atoms with Crippen LogP contribution < -0.4 is 0 Å². The van der Waals surface area contributed by atoms with Gasteiger partial charge in [-0.1, -0.05) is 30.1 Å². The van der Waals surface area contributed by atoms with Gasteiger partial charge in [-0.3, -0.25) is 9.69 Å². The topological polar surface area (TPSA) is 70.1 Å². The van der Waals surface area contributed by atoms with Crippen molar-refractivity contribution >= 4 is 35.1 Å². The number of halogens is 2. The van der Waals surface area contributed by atoms with E-state index >= 15 is 0 Å². The van der Waals surface area contributed by atoms with E-state index in [9.17, 15) is 14.7 Å². The lowest BCUT2D eigenvalue weighted by Crippen LogP contribution is -2.58. The molecule has 2 fully saturated rings. The van der Waals surface area contributed by atoms with Gasteiger partial charge in [-0.2, -0.15) is 0 Å². The first-order valence-electron chi connectivity index (χ1n) is 8.75. The molecule has 2 saturated heterocycles. The Morgan fingerprint density at radius 1 is 1.23 bits per heavy atom. The summed E-state index contributed by atoms with van der Waals surface area (Å²) >= 11 is 12.0. The average molecular weight is 401 g/mol. The molecule has 8 heteroatoms. The summed E-state index contributed by atoms with van der Waals surface area (Å²) in [7, 11) is 0. The maximum absolute atomic E-state index is 13.2. The quantitative estimate of drug-likeness (QED) is 0.840. The van der Waals surface area contributed by atoms with E-state index < -0.39 is 23.6 Å². The summed E-state index contributed by atoms with van der Waals surface area (Å²) in [5.74, 6) is -1.48. The third-order valence-electron chi connectivity index (χ3n) is 5.05. The van der Waals surface area contributed by atoms with Crippen LogP contribution >= 0.6 is 23.2 Å². The van der Waals surface area contributed by atoms with Crippen LogP contribution in [-0.4, -0.2) is 64.8 Å². The van der Waals surface area contributed by atoms with Crippen molar-refractivity contribution in [2.24, 2.45) is 0 Å². The van der Waals surface area contributed by atoms with Crippen molar-refractivity contribution in [1.29, 1.82) is 0 Å². The summed E-state index contributed by atoms with van der Waals surface area (Å²) in [5.41, 5.74) is -0.617. The minimum absolute atomic E-state index is 0.0108. The van der Waals surface area contributed by atoms with Gasteiger partial charge >= 0.3 is 5.97 Å². The highest BCUT2D eigenvalue weighted by Gasteiger charge is 2.54. The van der Waals surface area contributed by atoms with Crippen LogP contribution in [0.5, 0.6) is 0 Å². The molecule has 1 aromatic rings. The number of likely N-dealkylation sites (tertiary alicyclic amines) is 1. The van der Waals surface area contributed by atoms with Gasteiger partial charge in [0.25, 0.3) is 5.91 Å². The minimum Gasteiger partial charge on any atom is -0.480 e. The molecule has 0 aromatic heterocycles. The number of rotatable bonds is 4. The van der Waals surface area contributed by atoms with Crippen molar-refractivity contribution in [2.45, 2.75) is 38.0 Å². The van der Waals surface area contributed by atoms with Crippen molar-refractivity contribution in [1.82, 2.24) is 9.80 Å². The summed E-state index contributed by atoms with van der Waals surface area (Å²) in [6, 6.07) is 3.53. The lowest BCUT2D eigenvalue weighted by Gasteiger charge is -2.44. The van der Waals surface area contributed by atoms with Crippen LogP contribution in [0.1, 0.15) is 36.5 Å². The second-order valence-corrected chi connectivity index (χ2v) is 7.66. The van der Waals surface area contributed by atoms with Gasteiger partial charge in [-0.15, -0.1) is 0 Å². The summed E-state index contributed by atoms with van der Waals surface area (Å²) in [6.07, 6.45) is 2.21. The van der Waals surface area contributed by atoms with E-state index in [1.807, 2.05) is 0 Å². The van der Waals surface area contributed by atoms with Crippen LogP contribution in [0.4, 0.5) is 0 Å². The third-order valence-corrected chi connectivity index (χ3v) is 5.49. The van der Waals surface area contributed by atoms with Crippen LogP contribution in [0.15, 0.2) is 18.2 Å². The monoisotopic (exact) mass is 400 g/mol. The molecule has 0 aliphatic carbocycles. The second kappa shape index (κ2) is 7.72. The fourth-order valence-electron chi connectivity index (χ4n) is 3.81. The van der Waals surface area contributed by atoms with Gasteiger partial charge in [0.2, 0.25) is 0 Å². The molecule has 0 saturated carbocycles. The second-order valence-electron chi connectivity index (χ2n) is 6.79. The van der Waals surface area contributed by atoms with Crippen LogP contribution in [0, 0.1) is 0 Å². The number of benzene rings is 1. The molecule has 6 nitrogen and oxygen atoms in total. The van der Waals surface area contributed by atoms with E-state index in [1.165, 1.54) is 23.1 Å². The van der Waals surface area contributed by atoms with Crippen LogP contribution in [0.3, 0.4) is 0 Å². The van der Waals surface area contributed by atoms with Crippen LogP contribution in [-0.2, 0) is 9.53 Å². The SMILES string of the molecule is CCCN1CCC2(CC1)OC[C@@H](C(=O)O)N2C(=O)c1cc(Cl)cc(Cl)c1. The molecule has 0 radical (unpaired) electrons. The Morgan fingerprint density at radius 2 is 1.85 bits per heavy atom. The van der Waals surface area contributed by atoms with Gasteiger partial charge in [0, 0.05) is 41.5 Å². The van der Waals surface area contributed by atoms with Crippen molar-refractivity contribution in [2.75, 3.05) is 26.2 Å². The summed E-state index contributed by atoms with van der Waals surface area (Å²) < 4.78 is 5.93. The number of hydrogen-bond donors (Lipinski definition) is 1. The highest BCUT2D eigenvalue weighted by atomic mass is 35.5. The maximum atomic E-state index is 13.2. The molecule has 3 rings (SSSR count). The number of nitrogens with zero attached hydrogens (tertiary/aromatic N) is 2. The van der Waals surface area contributed by atoms with Crippen molar-refractivity contribution in [3.05, 3.63) is 33.8 Å². The Bertz CT molecular complexity index is 684. The van der Waals surface area contributed by atoms with Crippen molar-refractivity contribution in [3.8, 4) is 0 Å². The average Bonchev–Trinajstić information content (AvgIpc) is 2.95. The third kappa shape index (κ3) is 3.69. The highest BCUT2D eigenvalue weighted by molar-refractivity contribution is 6.35. The minimum atomic E-state index is -1.07. The number of aliphatic carboxylic acids is 1. The van der Waals surface area contributed by atoms with E-state index in [0.29, 0.717) is 22.9 Å². The first-order valence-corrected chi connectivity index (χ1v) is 9.51. The number of carboxylic acids is 1. The molecule has 142 valence electrons. The van der Waals surface area contributed by atoms with Gasteiger partial charge in [-0.05, 0) is 31.2 Å².